The zero-order valence-electron chi connectivity index (χ0n) is 19.1. The third-order valence-corrected chi connectivity index (χ3v) is 5.83. The molecule has 166 valence electrons. The molecule has 1 aliphatic carbocycles. The molecule has 0 aromatic carbocycles. The molecule has 1 heterocycles. The van der Waals surface area contributed by atoms with Gasteiger partial charge in [-0.15, -0.1) is 10.2 Å². The number of ether oxygens (including phenoxy) is 2. The molecule has 1 aromatic rings. The van der Waals surface area contributed by atoms with Crippen molar-refractivity contribution in [1.82, 2.24) is 25.4 Å². The fourth-order valence-electron chi connectivity index (χ4n) is 3.36. The van der Waals surface area contributed by atoms with Crippen molar-refractivity contribution in [3.05, 3.63) is 11.6 Å². The van der Waals surface area contributed by atoms with Gasteiger partial charge in [0.1, 0.15) is 12.4 Å². The number of hydrogen-bond acceptors (Lipinski definition) is 5. The zero-order chi connectivity index (χ0) is 21.3. The van der Waals surface area contributed by atoms with Crippen LogP contribution in [0.5, 0.6) is 0 Å². The molecule has 0 bridgehead atoms. The smallest absolute Gasteiger partial charge is 0.191 e. The Morgan fingerprint density at radius 3 is 2.66 bits per heavy atom. The highest BCUT2D eigenvalue weighted by atomic mass is 16.5. The molecule has 1 fully saturated rings. The third kappa shape index (κ3) is 6.67. The van der Waals surface area contributed by atoms with Gasteiger partial charge in [0.25, 0.3) is 0 Å². The van der Waals surface area contributed by atoms with Gasteiger partial charge in [0.05, 0.1) is 6.10 Å². The number of nitrogens with one attached hydrogen (secondary N) is 2. The second-order valence-electron chi connectivity index (χ2n) is 8.33. The molecule has 2 N–H and O–H groups in total. The first-order valence-corrected chi connectivity index (χ1v) is 11.0. The van der Waals surface area contributed by atoms with E-state index < -0.39 is 0 Å². The number of aryl methyl sites for hydroxylation is 1. The average molecular weight is 409 g/mol. The van der Waals surface area contributed by atoms with E-state index in [0.29, 0.717) is 18.7 Å². The van der Waals surface area contributed by atoms with Crippen molar-refractivity contribution >= 4 is 5.96 Å². The highest BCUT2D eigenvalue weighted by Crippen LogP contribution is 2.42. The van der Waals surface area contributed by atoms with Crippen LogP contribution in [0.15, 0.2) is 4.99 Å². The summed E-state index contributed by atoms with van der Waals surface area (Å²) in [5.41, 5.74) is 0.0723. The van der Waals surface area contributed by atoms with Gasteiger partial charge in [0, 0.05) is 44.9 Å². The summed E-state index contributed by atoms with van der Waals surface area (Å²) in [5, 5.41) is 15.4. The van der Waals surface area contributed by atoms with Crippen LogP contribution in [0.1, 0.15) is 65.0 Å². The number of hydrogen-bond donors (Lipinski definition) is 2. The zero-order valence-corrected chi connectivity index (χ0v) is 19.1. The van der Waals surface area contributed by atoms with E-state index >= 15 is 0 Å². The van der Waals surface area contributed by atoms with E-state index in [0.717, 1.165) is 63.2 Å². The number of nitrogens with zero attached hydrogens (tertiary/aromatic N) is 4. The summed E-state index contributed by atoms with van der Waals surface area (Å²) in [6, 6.07) is 0.327. The predicted octanol–water partition coefficient (Wildman–Crippen LogP) is 2.57. The van der Waals surface area contributed by atoms with Gasteiger partial charge in [0.15, 0.2) is 11.8 Å². The third-order valence-electron chi connectivity index (χ3n) is 5.83. The van der Waals surface area contributed by atoms with Crippen LogP contribution in [0.4, 0.5) is 0 Å². The van der Waals surface area contributed by atoms with E-state index in [-0.39, 0.29) is 5.41 Å². The Balaban J connectivity index is 1.94. The Labute approximate surface area is 175 Å². The van der Waals surface area contributed by atoms with Gasteiger partial charge in [-0.3, -0.25) is 0 Å². The molecule has 1 aromatic heterocycles. The first kappa shape index (κ1) is 23.6. The summed E-state index contributed by atoms with van der Waals surface area (Å²) in [6.07, 6.45) is 4.52. The highest BCUT2D eigenvalue weighted by molar-refractivity contribution is 5.80. The normalized spacial score (nSPS) is 21.1. The van der Waals surface area contributed by atoms with Crippen molar-refractivity contribution in [2.75, 3.05) is 26.4 Å². The van der Waals surface area contributed by atoms with Crippen LogP contribution in [0, 0.1) is 12.3 Å². The first-order chi connectivity index (χ1) is 13.9. The summed E-state index contributed by atoms with van der Waals surface area (Å²) in [4.78, 5) is 4.76. The molecule has 0 spiro atoms. The van der Waals surface area contributed by atoms with Gasteiger partial charge < -0.3 is 24.7 Å². The molecule has 0 radical (unpaired) electrons. The van der Waals surface area contributed by atoms with E-state index in [9.17, 15) is 0 Å². The van der Waals surface area contributed by atoms with E-state index in [4.69, 9.17) is 14.5 Å². The van der Waals surface area contributed by atoms with E-state index in [1.54, 1.807) is 0 Å². The Bertz CT molecular complexity index is 643. The van der Waals surface area contributed by atoms with E-state index in [1.807, 2.05) is 25.5 Å². The monoisotopic (exact) mass is 408 g/mol. The number of unbranched alkanes of at least 4 members (excludes halogenated alkanes) is 1. The minimum atomic E-state index is 0.0723. The SMILES string of the molecule is CCCCOC1CC(NC(=NCc2nnc(C)n2C)NCCCOCC)C1(C)C. The van der Waals surface area contributed by atoms with Crippen LogP contribution < -0.4 is 10.6 Å². The van der Waals surface area contributed by atoms with Crippen molar-refractivity contribution in [1.29, 1.82) is 0 Å². The second-order valence-corrected chi connectivity index (χ2v) is 8.33. The molecular formula is C21H40N6O2. The molecular weight excluding hydrogens is 368 g/mol. The maximum atomic E-state index is 6.08. The van der Waals surface area contributed by atoms with Crippen LogP contribution in [0.25, 0.3) is 0 Å². The lowest BCUT2D eigenvalue weighted by molar-refractivity contribution is -0.113. The van der Waals surface area contributed by atoms with Crippen LogP contribution >= 0.6 is 0 Å². The summed E-state index contributed by atoms with van der Waals surface area (Å²) < 4.78 is 13.5. The summed E-state index contributed by atoms with van der Waals surface area (Å²) in [6.45, 7) is 14.3. The summed E-state index contributed by atoms with van der Waals surface area (Å²) >= 11 is 0. The molecule has 1 aliphatic rings. The molecule has 0 aliphatic heterocycles. The largest absolute Gasteiger partial charge is 0.382 e. The Morgan fingerprint density at radius 1 is 1.24 bits per heavy atom. The Kier molecular flexibility index (Phi) is 9.36. The molecule has 29 heavy (non-hydrogen) atoms. The van der Waals surface area contributed by atoms with Gasteiger partial charge in [0.2, 0.25) is 0 Å². The fourth-order valence-corrected chi connectivity index (χ4v) is 3.36. The highest BCUT2D eigenvalue weighted by Gasteiger charge is 2.49. The molecule has 8 heteroatoms. The molecule has 2 unspecified atom stereocenters. The number of aromatic nitrogens is 3. The fraction of sp³-hybridized carbons (Fsp3) is 0.857. The van der Waals surface area contributed by atoms with Crippen molar-refractivity contribution in [3.63, 3.8) is 0 Å². The summed E-state index contributed by atoms with van der Waals surface area (Å²) in [5.74, 6) is 2.56. The lowest BCUT2D eigenvalue weighted by Crippen LogP contribution is -2.63. The Hall–Kier alpha value is -1.67. The minimum absolute atomic E-state index is 0.0723. The average Bonchev–Trinajstić information content (AvgIpc) is 3.02. The predicted molar refractivity (Wildman–Crippen MR) is 116 cm³/mol. The second kappa shape index (κ2) is 11.5. The standard InChI is InChI=1S/C21H40N6O2/c1-7-9-13-29-18-14-17(21(18,4)5)24-20(22-11-10-12-28-8-2)23-15-19-26-25-16(3)27(19)6/h17-18H,7-15H2,1-6H3,(H2,22,23,24). The Morgan fingerprint density at radius 2 is 2.03 bits per heavy atom. The maximum absolute atomic E-state index is 6.08. The maximum Gasteiger partial charge on any atom is 0.191 e. The van der Waals surface area contributed by atoms with Crippen molar-refractivity contribution in [2.24, 2.45) is 17.5 Å². The van der Waals surface area contributed by atoms with Gasteiger partial charge in [-0.05, 0) is 33.1 Å². The number of guanidine groups is 1. The van der Waals surface area contributed by atoms with Crippen LogP contribution in [-0.4, -0.2) is 59.2 Å². The summed E-state index contributed by atoms with van der Waals surface area (Å²) in [7, 11) is 1.97. The molecule has 0 saturated heterocycles. The van der Waals surface area contributed by atoms with Crippen LogP contribution in [0.2, 0.25) is 0 Å². The van der Waals surface area contributed by atoms with E-state index in [1.165, 1.54) is 6.42 Å². The molecule has 2 atom stereocenters. The van der Waals surface area contributed by atoms with Crippen molar-refractivity contribution < 1.29 is 9.47 Å². The van der Waals surface area contributed by atoms with Gasteiger partial charge in [-0.1, -0.05) is 27.2 Å². The number of rotatable bonds is 12. The van der Waals surface area contributed by atoms with E-state index in [2.05, 4.69) is 41.6 Å². The quantitative estimate of drug-likeness (QED) is 0.314. The topological polar surface area (TPSA) is 85.6 Å². The number of aliphatic imine (C=N–C) groups is 1. The molecule has 1 saturated carbocycles. The first-order valence-electron chi connectivity index (χ1n) is 11.0. The molecule has 0 amide bonds. The van der Waals surface area contributed by atoms with Crippen LogP contribution in [0.3, 0.4) is 0 Å². The van der Waals surface area contributed by atoms with Crippen molar-refractivity contribution in [2.45, 2.75) is 79.0 Å². The van der Waals surface area contributed by atoms with Gasteiger partial charge in [-0.25, -0.2) is 4.99 Å². The van der Waals surface area contributed by atoms with Gasteiger partial charge in [-0.2, -0.15) is 0 Å². The lowest BCUT2D eigenvalue weighted by atomic mass is 9.64. The van der Waals surface area contributed by atoms with Crippen LogP contribution in [-0.2, 0) is 23.1 Å². The van der Waals surface area contributed by atoms with Gasteiger partial charge >= 0.3 is 0 Å². The minimum Gasteiger partial charge on any atom is -0.382 e. The molecule has 2 rings (SSSR count). The lowest BCUT2D eigenvalue weighted by Gasteiger charge is -2.52. The van der Waals surface area contributed by atoms with Crippen molar-refractivity contribution in [3.8, 4) is 0 Å². The molecule has 8 nitrogen and oxygen atoms in total.